The first-order valence-electron chi connectivity index (χ1n) is 11.9. The van der Waals surface area contributed by atoms with Crippen molar-refractivity contribution < 1.29 is 32.6 Å². The summed E-state index contributed by atoms with van der Waals surface area (Å²) in [4.78, 5) is 14.8. The molecule has 2 aromatic rings. The lowest BCUT2D eigenvalue weighted by Crippen LogP contribution is -2.55. The molecule has 0 radical (unpaired) electrons. The normalized spacial score (nSPS) is 14.8. The zero-order valence-electron chi connectivity index (χ0n) is 21.8. The molecule has 0 unspecified atom stereocenters. The lowest BCUT2D eigenvalue weighted by molar-refractivity contribution is -0.200. The first-order chi connectivity index (χ1) is 17.3. The maximum Gasteiger partial charge on any atom is 0.338 e. The zero-order valence-corrected chi connectivity index (χ0v) is 22.8. The van der Waals surface area contributed by atoms with Crippen LogP contribution in [0.4, 0.5) is 8.78 Å². The van der Waals surface area contributed by atoms with Crippen molar-refractivity contribution in [1.29, 1.82) is 0 Å². The average Bonchev–Trinajstić information content (AvgIpc) is 2.85. The summed E-state index contributed by atoms with van der Waals surface area (Å²) in [6.07, 6.45) is -3.86. The van der Waals surface area contributed by atoms with Crippen molar-refractivity contribution >= 4 is 14.3 Å². The second kappa shape index (κ2) is 13.1. The fraction of sp³-hybridized carbons (Fsp3) is 0.500. The van der Waals surface area contributed by atoms with E-state index in [1.54, 1.807) is 48.5 Å². The van der Waals surface area contributed by atoms with E-state index in [4.69, 9.17) is 19.4 Å². The lowest BCUT2D eigenvalue weighted by atomic mass is 10.0. The number of rotatable bonds is 13. The van der Waals surface area contributed by atoms with E-state index in [0.717, 1.165) is 0 Å². The molecule has 37 heavy (non-hydrogen) atoms. The molecular weight excluding hydrogens is 500 g/mol. The summed E-state index contributed by atoms with van der Waals surface area (Å²) in [6.45, 7) is 8.29. The molecule has 0 heterocycles. The number of benzene rings is 2. The van der Waals surface area contributed by atoms with Crippen molar-refractivity contribution in [3.05, 3.63) is 82.2 Å². The number of carbonyl (C=O) groups is 1. The van der Waals surface area contributed by atoms with Crippen LogP contribution in [-0.2, 0) is 20.5 Å². The maximum absolute atomic E-state index is 15.8. The molecule has 0 aromatic heterocycles. The van der Waals surface area contributed by atoms with Crippen LogP contribution < -0.4 is 0 Å². The highest BCUT2D eigenvalue weighted by Gasteiger charge is 2.52. The summed E-state index contributed by atoms with van der Waals surface area (Å²) in [5.74, 6) is -4.76. The molecule has 0 amide bonds. The Hall–Kier alpha value is -2.82. The van der Waals surface area contributed by atoms with Gasteiger partial charge in [0.25, 0.3) is 5.92 Å². The summed E-state index contributed by atoms with van der Waals surface area (Å²) in [6, 6.07) is 14.3. The quantitative estimate of drug-likeness (QED) is 0.109. The van der Waals surface area contributed by atoms with E-state index < -0.39 is 51.7 Å². The van der Waals surface area contributed by atoms with Crippen molar-refractivity contribution in [2.24, 2.45) is 5.11 Å². The first kappa shape index (κ1) is 30.4. The Morgan fingerprint density at radius 2 is 1.62 bits per heavy atom. The van der Waals surface area contributed by atoms with Gasteiger partial charge in [0.1, 0.15) is 24.9 Å². The van der Waals surface area contributed by atoms with Crippen LogP contribution in [0, 0.1) is 0 Å². The number of aliphatic hydroxyl groups excluding tert-OH is 1. The number of esters is 1. The summed E-state index contributed by atoms with van der Waals surface area (Å²) < 4.78 is 48.2. The Morgan fingerprint density at radius 1 is 1.05 bits per heavy atom. The number of carbonyl (C=O) groups excluding carboxylic acids is 1. The van der Waals surface area contributed by atoms with Gasteiger partial charge < -0.3 is 19.0 Å². The van der Waals surface area contributed by atoms with E-state index in [1.807, 2.05) is 33.9 Å². The van der Waals surface area contributed by atoms with Crippen LogP contribution in [0.3, 0.4) is 0 Å². The van der Waals surface area contributed by atoms with Gasteiger partial charge in [0, 0.05) is 4.91 Å². The van der Waals surface area contributed by atoms with Gasteiger partial charge in [-0.05, 0) is 41.4 Å². The second-order valence-electron chi connectivity index (χ2n) is 10.2. The van der Waals surface area contributed by atoms with E-state index in [9.17, 15) is 9.90 Å². The predicted molar refractivity (Wildman–Crippen MR) is 139 cm³/mol. The molecule has 0 aliphatic carbocycles. The number of halogens is 2. The number of alkyl halides is 2. The highest BCUT2D eigenvalue weighted by molar-refractivity contribution is 6.74. The van der Waals surface area contributed by atoms with Crippen LogP contribution in [0.15, 0.2) is 65.8 Å². The van der Waals surface area contributed by atoms with Crippen LogP contribution in [0.2, 0.25) is 18.1 Å². The van der Waals surface area contributed by atoms with E-state index in [2.05, 4.69) is 10.0 Å². The molecule has 11 heteroatoms. The van der Waals surface area contributed by atoms with Crippen molar-refractivity contribution in [2.45, 2.75) is 69.7 Å². The molecule has 0 bridgehead atoms. The fourth-order valence-corrected chi connectivity index (χ4v) is 4.14. The number of aliphatic hydroxyl groups is 1. The first-order valence-corrected chi connectivity index (χ1v) is 14.8. The smallest absolute Gasteiger partial charge is 0.338 e. The molecule has 8 nitrogen and oxygen atoms in total. The SMILES string of the molecule is CC(C)(C)[Si](C)(C)OC[C@@H](O)[C@@H](OCc1ccccc1)C(F)(F)[C@@H](COC(=O)c1ccccc1)N=[N+]=[N-]. The molecule has 0 fully saturated rings. The standard InChI is InChI=1S/C26H35F2N3O5Si/c1-25(2,3)37(4,5)36-17-21(32)23(34-16-19-12-8-6-9-13-19)26(27,28)22(30-31-29)18-35-24(33)20-14-10-7-11-15-20/h6-15,21-23,32H,16-18H2,1-5H3/t21-,22-,23-/m1/s1. The van der Waals surface area contributed by atoms with Gasteiger partial charge in [-0.1, -0.05) is 74.4 Å². The third kappa shape index (κ3) is 8.62. The van der Waals surface area contributed by atoms with Crippen LogP contribution >= 0.6 is 0 Å². The Balaban J connectivity index is 2.26. The molecule has 0 saturated carbocycles. The van der Waals surface area contributed by atoms with Gasteiger partial charge in [-0.3, -0.25) is 0 Å². The maximum atomic E-state index is 15.8. The van der Waals surface area contributed by atoms with Gasteiger partial charge in [0.15, 0.2) is 8.32 Å². The predicted octanol–water partition coefficient (Wildman–Crippen LogP) is 6.13. The zero-order chi connectivity index (χ0) is 27.7. The van der Waals surface area contributed by atoms with Gasteiger partial charge in [0.05, 0.1) is 18.8 Å². The van der Waals surface area contributed by atoms with E-state index in [0.29, 0.717) is 5.56 Å². The molecule has 2 rings (SSSR count). The van der Waals surface area contributed by atoms with Gasteiger partial charge >= 0.3 is 5.97 Å². The average molecular weight is 536 g/mol. The van der Waals surface area contributed by atoms with Crippen molar-refractivity contribution in [3.63, 3.8) is 0 Å². The number of ether oxygens (including phenoxy) is 2. The van der Waals surface area contributed by atoms with Gasteiger partial charge in [-0.2, -0.15) is 0 Å². The Labute approximate surface area is 217 Å². The van der Waals surface area contributed by atoms with Crippen LogP contribution in [0.1, 0.15) is 36.7 Å². The Morgan fingerprint density at radius 3 is 2.16 bits per heavy atom. The fourth-order valence-electron chi connectivity index (χ4n) is 3.12. The number of nitrogens with zero attached hydrogens (tertiary/aromatic N) is 3. The number of hydrogen-bond acceptors (Lipinski definition) is 6. The molecule has 1 N–H and O–H groups in total. The highest BCUT2D eigenvalue weighted by atomic mass is 28.4. The topological polar surface area (TPSA) is 114 Å². The van der Waals surface area contributed by atoms with E-state index in [1.165, 1.54) is 12.1 Å². The Kier molecular flexibility index (Phi) is 10.8. The summed E-state index contributed by atoms with van der Waals surface area (Å²) in [5, 5.41) is 13.9. The van der Waals surface area contributed by atoms with Crippen molar-refractivity contribution in [3.8, 4) is 0 Å². The molecule has 3 atom stereocenters. The molecule has 0 aliphatic rings. The van der Waals surface area contributed by atoms with E-state index >= 15 is 8.78 Å². The van der Waals surface area contributed by atoms with Gasteiger partial charge in [-0.15, -0.1) is 0 Å². The van der Waals surface area contributed by atoms with Crippen LogP contribution in [0.5, 0.6) is 0 Å². The van der Waals surface area contributed by atoms with Crippen molar-refractivity contribution in [2.75, 3.05) is 13.2 Å². The highest BCUT2D eigenvalue weighted by Crippen LogP contribution is 2.37. The molecule has 0 saturated heterocycles. The minimum absolute atomic E-state index is 0.158. The largest absolute Gasteiger partial charge is 0.461 e. The van der Waals surface area contributed by atoms with E-state index in [-0.39, 0.29) is 17.2 Å². The number of azide groups is 1. The molecule has 0 spiro atoms. The molecule has 0 aliphatic heterocycles. The van der Waals surface area contributed by atoms with Gasteiger partial charge in [-0.25, -0.2) is 13.6 Å². The summed E-state index contributed by atoms with van der Waals surface area (Å²) >= 11 is 0. The minimum atomic E-state index is -3.91. The Bertz CT molecular complexity index is 1050. The third-order valence-corrected chi connectivity index (χ3v) is 10.9. The lowest BCUT2D eigenvalue weighted by Gasteiger charge is -2.39. The summed E-state index contributed by atoms with van der Waals surface area (Å²) in [5.41, 5.74) is 9.74. The van der Waals surface area contributed by atoms with Crippen LogP contribution in [-0.4, -0.2) is 56.8 Å². The summed E-state index contributed by atoms with van der Waals surface area (Å²) in [7, 11) is -2.38. The van der Waals surface area contributed by atoms with Crippen molar-refractivity contribution in [1.82, 2.24) is 0 Å². The monoisotopic (exact) mass is 535 g/mol. The molecule has 2 aromatic carbocycles. The minimum Gasteiger partial charge on any atom is -0.461 e. The van der Waals surface area contributed by atoms with Gasteiger partial charge in [0.2, 0.25) is 0 Å². The third-order valence-electron chi connectivity index (χ3n) is 6.44. The molecule has 202 valence electrons. The van der Waals surface area contributed by atoms with Crippen LogP contribution in [0.25, 0.3) is 10.4 Å². The molecular formula is C26H35F2N3O5Si. The number of hydrogen-bond donors (Lipinski definition) is 1. The second-order valence-corrected chi connectivity index (χ2v) is 15.0.